The molecule has 1 aliphatic heterocycles. The molecule has 2 rings (SSSR count). The second kappa shape index (κ2) is 6.53. The fourth-order valence-electron chi connectivity index (χ4n) is 2.22. The monoisotopic (exact) mass is 294 g/mol. The molecule has 0 bridgehead atoms. The van der Waals surface area contributed by atoms with E-state index in [0.717, 1.165) is 12.5 Å². The number of amides is 2. The van der Waals surface area contributed by atoms with E-state index < -0.39 is 5.82 Å². The molecular weight excluding hydrogens is 275 g/mol. The van der Waals surface area contributed by atoms with Crippen LogP contribution in [0, 0.1) is 5.82 Å². The van der Waals surface area contributed by atoms with Gasteiger partial charge in [0.05, 0.1) is 24.5 Å². The average Bonchev–Trinajstić information content (AvgIpc) is 2.55. The van der Waals surface area contributed by atoms with Crippen molar-refractivity contribution in [1.29, 1.82) is 0 Å². The molecule has 3 N–H and O–H groups in total. The Morgan fingerprint density at radius 2 is 2.19 bits per heavy atom. The summed E-state index contributed by atoms with van der Waals surface area (Å²) in [5.41, 5.74) is 6.19. The summed E-state index contributed by atoms with van der Waals surface area (Å²) in [6.45, 7) is 1.71. The average molecular weight is 294 g/mol. The molecule has 0 radical (unpaired) electrons. The van der Waals surface area contributed by atoms with Gasteiger partial charge in [-0.1, -0.05) is 0 Å². The van der Waals surface area contributed by atoms with Gasteiger partial charge in [-0.15, -0.1) is 0 Å². The third kappa shape index (κ3) is 4.16. The highest BCUT2D eigenvalue weighted by atomic mass is 19.1. The number of likely N-dealkylation sites (N-methyl/N-ethyl adjacent to an activating group) is 1. The number of nitrogen functional groups attached to an aromatic ring is 1. The van der Waals surface area contributed by atoms with Crippen LogP contribution in [0.2, 0.25) is 0 Å². The maximum Gasteiger partial charge on any atom is 0.238 e. The predicted octanol–water partition coefficient (Wildman–Crippen LogP) is 0.510. The Morgan fingerprint density at radius 1 is 1.43 bits per heavy atom. The Bertz CT molecular complexity index is 550. The van der Waals surface area contributed by atoms with Crippen LogP contribution >= 0.6 is 0 Å². The normalized spacial score (nSPS) is 16.7. The molecule has 0 spiro atoms. The summed E-state index contributed by atoms with van der Waals surface area (Å²) in [7, 11) is 1.76. The maximum atomic E-state index is 12.9. The van der Waals surface area contributed by atoms with Crippen molar-refractivity contribution < 1.29 is 14.0 Å². The van der Waals surface area contributed by atoms with Crippen LogP contribution < -0.4 is 11.1 Å². The third-order valence-corrected chi connectivity index (χ3v) is 3.41. The lowest BCUT2D eigenvalue weighted by Gasteiger charge is -2.19. The molecule has 1 aromatic rings. The van der Waals surface area contributed by atoms with Crippen LogP contribution in [-0.2, 0) is 9.59 Å². The van der Waals surface area contributed by atoms with Crippen molar-refractivity contribution in [1.82, 2.24) is 9.80 Å². The van der Waals surface area contributed by atoms with E-state index in [-0.39, 0.29) is 30.6 Å². The predicted molar refractivity (Wildman–Crippen MR) is 78.1 cm³/mol. The van der Waals surface area contributed by atoms with Crippen molar-refractivity contribution in [3.8, 4) is 0 Å². The smallest absolute Gasteiger partial charge is 0.238 e. The van der Waals surface area contributed by atoms with Crippen LogP contribution in [0.3, 0.4) is 0 Å². The van der Waals surface area contributed by atoms with Gasteiger partial charge in [-0.3, -0.25) is 14.5 Å². The lowest BCUT2D eigenvalue weighted by Crippen LogP contribution is -2.38. The summed E-state index contributed by atoms with van der Waals surface area (Å²) in [5.74, 6) is -0.723. The van der Waals surface area contributed by atoms with E-state index in [1.165, 1.54) is 12.1 Å². The standard InChI is InChI=1S/C14H19FN4O2/c1-18-5-2-6-19(9-14(18)21)8-13(20)17-12-4-3-10(15)7-11(12)16/h3-4,7H,2,5-6,8-9,16H2,1H3,(H,17,20). The van der Waals surface area contributed by atoms with Gasteiger partial charge >= 0.3 is 0 Å². The van der Waals surface area contributed by atoms with Crippen molar-refractivity contribution in [2.24, 2.45) is 0 Å². The van der Waals surface area contributed by atoms with Crippen LogP contribution in [-0.4, -0.2) is 54.8 Å². The van der Waals surface area contributed by atoms with Crippen LogP contribution in [0.4, 0.5) is 15.8 Å². The molecule has 0 aromatic heterocycles. The number of nitrogens with two attached hydrogens (primary N) is 1. The molecule has 1 saturated heterocycles. The van der Waals surface area contributed by atoms with Gasteiger partial charge in [-0.05, 0) is 24.6 Å². The van der Waals surface area contributed by atoms with E-state index in [1.807, 2.05) is 0 Å². The van der Waals surface area contributed by atoms with Crippen LogP contribution in [0.1, 0.15) is 6.42 Å². The fraction of sp³-hybridized carbons (Fsp3) is 0.429. The molecule has 0 unspecified atom stereocenters. The zero-order chi connectivity index (χ0) is 15.4. The van der Waals surface area contributed by atoms with E-state index in [0.29, 0.717) is 18.8 Å². The number of hydrogen-bond donors (Lipinski definition) is 2. The molecule has 6 nitrogen and oxygen atoms in total. The van der Waals surface area contributed by atoms with Crippen LogP contribution in [0.25, 0.3) is 0 Å². The number of carbonyl (C=O) groups excluding carboxylic acids is 2. The fourth-order valence-corrected chi connectivity index (χ4v) is 2.22. The first kappa shape index (κ1) is 15.2. The minimum absolute atomic E-state index is 0.00148. The summed E-state index contributed by atoms with van der Waals surface area (Å²) >= 11 is 0. The van der Waals surface area contributed by atoms with Gasteiger partial charge in [0, 0.05) is 20.1 Å². The first-order valence-electron chi connectivity index (χ1n) is 6.77. The second-order valence-corrected chi connectivity index (χ2v) is 5.16. The van der Waals surface area contributed by atoms with E-state index in [1.54, 1.807) is 16.8 Å². The summed E-state index contributed by atoms with van der Waals surface area (Å²) in [5, 5.41) is 2.63. The molecule has 114 valence electrons. The summed E-state index contributed by atoms with van der Waals surface area (Å²) in [4.78, 5) is 27.2. The van der Waals surface area contributed by atoms with Gasteiger partial charge in [0.15, 0.2) is 0 Å². The van der Waals surface area contributed by atoms with Gasteiger partial charge in [0.1, 0.15) is 5.82 Å². The number of rotatable bonds is 3. The van der Waals surface area contributed by atoms with Gasteiger partial charge in [-0.25, -0.2) is 4.39 Å². The number of nitrogens with zero attached hydrogens (tertiary/aromatic N) is 2. The summed E-state index contributed by atoms with van der Waals surface area (Å²) in [6, 6.07) is 3.81. The van der Waals surface area contributed by atoms with E-state index in [4.69, 9.17) is 5.73 Å². The minimum atomic E-state index is -0.452. The first-order chi connectivity index (χ1) is 9.95. The van der Waals surface area contributed by atoms with E-state index in [9.17, 15) is 14.0 Å². The van der Waals surface area contributed by atoms with Crippen molar-refractivity contribution in [2.75, 3.05) is 44.3 Å². The molecule has 1 aliphatic rings. The number of carbonyl (C=O) groups is 2. The highest BCUT2D eigenvalue weighted by Crippen LogP contribution is 2.19. The SMILES string of the molecule is CN1CCCN(CC(=O)Nc2ccc(F)cc2N)CC1=O. The molecule has 1 aromatic carbocycles. The lowest BCUT2D eigenvalue weighted by atomic mass is 10.2. The Balaban J connectivity index is 1.93. The molecule has 7 heteroatoms. The molecule has 2 amide bonds. The van der Waals surface area contributed by atoms with E-state index >= 15 is 0 Å². The molecule has 21 heavy (non-hydrogen) atoms. The van der Waals surface area contributed by atoms with Gasteiger partial charge < -0.3 is 16.0 Å². The molecule has 0 saturated carbocycles. The van der Waals surface area contributed by atoms with E-state index in [2.05, 4.69) is 5.32 Å². The molecule has 1 fully saturated rings. The number of anilines is 2. The Labute approximate surface area is 122 Å². The van der Waals surface area contributed by atoms with Crippen molar-refractivity contribution in [3.63, 3.8) is 0 Å². The first-order valence-corrected chi connectivity index (χ1v) is 6.77. The van der Waals surface area contributed by atoms with Crippen molar-refractivity contribution >= 4 is 23.2 Å². The van der Waals surface area contributed by atoms with Crippen LogP contribution in [0.15, 0.2) is 18.2 Å². The largest absolute Gasteiger partial charge is 0.397 e. The summed E-state index contributed by atoms with van der Waals surface area (Å²) < 4.78 is 12.9. The highest BCUT2D eigenvalue weighted by Gasteiger charge is 2.20. The topological polar surface area (TPSA) is 78.7 Å². The number of hydrogen-bond acceptors (Lipinski definition) is 4. The molecule has 0 atom stereocenters. The molecule has 0 aliphatic carbocycles. The zero-order valence-corrected chi connectivity index (χ0v) is 11.9. The number of halogens is 1. The lowest BCUT2D eigenvalue weighted by molar-refractivity contribution is -0.130. The minimum Gasteiger partial charge on any atom is -0.397 e. The van der Waals surface area contributed by atoms with Gasteiger partial charge in [0.25, 0.3) is 0 Å². The zero-order valence-electron chi connectivity index (χ0n) is 11.9. The summed E-state index contributed by atoms with van der Waals surface area (Å²) in [6.07, 6.45) is 0.828. The maximum absolute atomic E-state index is 12.9. The molecule has 1 heterocycles. The second-order valence-electron chi connectivity index (χ2n) is 5.16. The Hall–Kier alpha value is -2.15. The number of nitrogens with one attached hydrogen (secondary N) is 1. The third-order valence-electron chi connectivity index (χ3n) is 3.41. The van der Waals surface area contributed by atoms with Crippen molar-refractivity contribution in [2.45, 2.75) is 6.42 Å². The Morgan fingerprint density at radius 3 is 2.90 bits per heavy atom. The van der Waals surface area contributed by atoms with Gasteiger partial charge in [0.2, 0.25) is 11.8 Å². The Kier molecular flexibility index (Phi) is 4.74. The van der Waals surface area contributed by atoms with Crippen molar-refractivity contribution in [3.05, 3.63) is 24.0 Å². The number of benzene rings is 1. The molecular formula is C14H19FN4O2. The van der Waals surface area contributed by atoms with Crippen LogP contribution in [0.5, 0.6) is 0 Å². The highest BCUT2D eigenvalue weighted by molar-refractivity contribution is 5.95. The van der Waals surface area contributed by atoms with Gasteiger partial charge in [-0.2, -0.15) is 0 Å². The quantitative estimate of drug-likeness (QED) is 0.796.